The summed E-state index contributed by atoms with van der Waals surface area (Å²) in [7, 11) is 0. The first-order valence-corrected chi connectivity index (χ1v) is 8.56. The van der Waals surface area contributed by atoms with Gasteiger partial charge in [-0.1, -0.05) is 24.3 Å². The molecule has 24 heavy (non-hydrogen) atoms. The van der Waals surface area contributed by atoms with Crippen molar-refractivity contribution in [2.24, 2.45) is 0 Å². The van der Waals surface area contributed by atoms with Gasteiger partial charge < -0.3 is 10.2 Å². The zero-order valence-electron chi connectivity index (χ0n) is 13.7. The molecule has 2 aromatic carbocycles. The van der Waals surface area contributed by atoms with Gasteiger partial charge in [0.1, 0.15) is 0 Å². The molecule has 3 heterocycles. The van der Waals surface area contributed by atoms with Crippen LogP contribution in [0.2, 0.25) is 0 Å². The van der Waals surface area contributed by atoms with Crippen LogP contribution in [0.4, 0.5) is 5.69 Å². The van der Waals surface area contributed by atoms with Gasteiger partial charge in [-0.05, 0) is 25.1 Å². The highest BCUT2D eigenvalue weighted by Crippen LogP contribution is 2.27. The van der Waals surface area contributed by atoms with E-state index in [-0.39, 0.29) is 0 Å². The molecule has 1 aliphatic heterocycles. The van der Waals surface area contributed by atoms with E-state index < -0.39 is 0 Å². The third kappa shape index (κ3) is 1.98. The number of nitrogens with two attached hydrogens (primary N) is 1. The molecule has 2 aromatic heterocycles. The van der Waals surface area contributed by atoms with Crippen LogP contribution in [-0.2, 0) is 0 Å². The van der Waals surface area contributed by atoms with E-state index in [9.17, 15) is 0 Å². The Morgan fingerprint density at radius 2 is 1.79 bits per heavy atom. The van der Waals surface area contributed by atoms with Crippen LogP contribution in [0.5, 0.6) is 0 Å². The predicted octanol–water partition coefficient (Wildman–Crippen LogP) is 1.73. The molecule has 0 saturated carbocycles. The lowest BCUT2D eigenvalue weighted by Crippen LogP contribution is -2.89. The monoisotopic (exact) mass is 318 g/mol. The van der Waals surface area contributed by atoms with Crippen LogP contribution in [-0.4, -0.2) is 40.8 Å². The molecule has 1 aliphatic rings. The first kappa shape index (κ1) is 13.7. The summed E-state index contributed by atoms with van der Waals surface area (Å²) in [5.41, 5.74) is 5.34. The molecule has 0 aliphatic carbocycles. The molecule has 5 heteroatoms. The van der Waals surface area contributed by atoms with Crippen molar-refractivity contribution in [3.8, 4) is 0 Å². The molecular formula is C19H20N5+. The maximum absolute atomic E-state index is 4.85. The van der Waals surface area contributed by atoms with Gasteiger partial charge in [-0.15, -0.1) is 0 Å². The summed E-state index contributed by atoms with van der Waals surface area (Å²) >= 11 is 0. The van der Waals surface area contributed by atoms with E-state index in [0.717, 1.165) is 53.9 Å². The van der Waals surface area contributed by atoms with Gasteiger partial charge in [-0.25, -0.2) is 9.50 Å². The van der Waals surface area contributed by atoms with Crippen LogP contribution in [0.3, 0.4) is 0 Å². The van der Waals surface area contributed by atoms with Crippen LogP contribution in [0, 0.1) is 6.92 Å². The zero-order chi connectivity index (χ0) is 16.1. The van der Waals surface area contributed by atoms with Crippen molar-refractivity contribution in [3.63, 3.8) is 0 Å². The number of anilines is 1. The first-order chi connectivity index (χ1) is 11.8. The second-order valence-corrected chi connectivity index (χ2v) is 6.50. The van der Waals surface area contributed by atoms with E-state index in [1.54, 1.807) is 0 Å². The number of hydrogen-bond acceptors (Lipinski definition) is 3. The molecule has 0 spiro atoms. The lowest BCUT2D eigenvalue weighted by molar-refractivity contribution is -0.655. The summed E-state index contributed by atoms with van der Waals surface area (Å²) in [5.74, 6) is 0. The van der Waals surface area contributed by atoms with Crippen molar-refractivity contribution in [3.05, 3.63) is 48.2 Å². The molecule has 1 saturated heterocycles. The molecule has 4 aromatic rings. The number of quaternary nitrogens is 1. The summed E-state index contributed by atoms with van der Waals surface area (Å²) < 4.78 is 2.01. The quantitative estimate of drug-likeness (QED) is 0.581. The van der Waals surface area contributed by atoms with E-state index in [0.29, 0.717) is 0 Å². The van der Waals surface area contributed by atoms with E-state index in [2.05, 4.69) is 59.6 Å². The fourth-order valence-electron chi connectivity index (χ4n) is 3.73. The van der Waals surface area contributed by atoms with Crippen molar-refractivity contribution in [1.82, 2.24) is 14.6 Å². The second-order valence-electron chi connectivity index (χ2n) is 6.50. The highest BCUT2D eigenvalue weighted by Gasteiger charge is 2.16. The molecule has 120 valence electrons. The van der Waals surface area contributed by atoms with Crippen LogP contribution in [0.25, 0.3) is 27.5 Å². The van der Waals surface area contributed by atoms with Gasteiger partial charge in [-0.3, -0.25) is 0 Å². The van der Waals surface area contributed by atoms with E-state index in [1.807, 2.05) is 4.52 Å². The maximum Gasteiger partial charge on any atom is 0.162 e. The fraction of sp³-hybridized carbons (Fsp3) is 0.263. The first-order valence-electron chi connectivity index (χ1n) is 8.56. The molecule has 0 atom stereocenters. The Morgan fingerprint density at radius 1 is 1.00 bits per heavy atom. The largest absolute Gasteiger partial charge is 0.360 e. The number of aryl methyl sites for hydroxylation is 1. The molecule has 5 rings (SSSR count). The number of hydrogen-bond donors (Lipinski definition) is 1. The van der Waals surface area contributed by atoms with Gasteiger partial charge >= 0.3 is 0 Å². The van der Waals surface area contributed by atoms with Crippen LogP contribution in [0.1, 0.15) is 5.69 Å². The lowest BCUT2D eigenvalue weighted by atomic mass is 10.1. The average molecular weight is 318 g/mol. The van der Waals surface area contributed by atoms with Crippen molar-refractivity contribution in [2.45, 2.75) is 6.92 Å². The number of rotatable bonds is 1. The number of fused-ring (bicyclic) bond motifs is 5. The van der Waals surface area contributed by atoms with Gasteiger partial charge in [-0.2, -0.15) is 5.10 Å². The number of piperazine rings is 1. The van der Waals surface area contributed by atoms with Crippen LogP contribution in [0.15, 0.2) is 42.5 Å². The highest BCUT2D eigenvalue weighted by molar-refractivity contribution is 5.99. The number of imidazole rings is 1. The fourth-order valence-corrected chi connectivity index (χ4v) is 3.73. The minimum atomic E-state index is 0.940. The van der Waals surface area contributed by atoms with Crippen LogP contribution < -0.4 is 10.2 Å². The molecule has 0 radical (unpaired) electrons. The Kier molecular flexibility index (Phi) is 2.97. The molecule has 5 nitrogen and oxygen atoms in total. The predicted molar refractivity (Wildman–Crippen MR) is 96.6 cm³/mol. The molecule has 0 bridgehead atoms. The smallest absolute Gasteiger partial charge is 0.162 e. The van der Waals surface area contributed by atoms with Gasteiger partial charge in [0, 0.05) is 16.5 Å². The normalized spacial score (nSPS) is 15.6. The van der Waals surface area contributed by atoms with Crippen LogP contribution >= 0.6 is 0 Å². The molecule has 0 amide bonds. The van der Waals surface area contributed by atoms with Crippen molar-refractivity contribution in [1.29, 1.82) is 0 Å². The second kappa shape index (κ2) is 5.18. The van der Waals surface area contributed by atoms with Crippen molar-refractivity contribution >= 4 is 33.1 Å². The Hall–Kier alpha value is -2.66. The topological polar surface area (TPSA) is 50.0 Å². The number of nitrogens with zero attached hydrogens (tertiary/aromatic N) is 4. The third-order valence-electron chi connectivity index (χ3n) is 4.99. The SMILES string of the molecule is Cc1nn2c3cc(N4CC[NH2+]CC4)ccc3nc2c2ccccc12. The molecule has 2 N–H and O–H groups in total. The van der Waals surface area contributed by atoms with Gasteiger partial charge in [0.2, 0.25) is 0 Å². The van der Waals surface area contributed by atoms with E-state index >= 15 is 0 Å². The number of benzene rings is 2. The van der Waals surface area contributed by atoms with Gasteiger partial charge in [0.15, 0.2) is 5.65 Å². The Morgan fingerprint density at radius 3 is 2.62 bits per heavy atom. The Balaban J connectivity index is 1.78. The maximum atomic E-state index is 4.85. The zero-order valence-corrected chi connectivity index (χ0v) is 13.7. The third-order valence-corrected chi connectivity index (χ3v) is 4.99. The average Bonchev–Trinajstić information content (AvgIpc) is 3.01. The molecule has 1 fully saturated rings. The summed E-state index contributed by atoms with van der Waals surface area (Å²) in [6, 6.07) is 14.9. The Labute approximate surface area is 139 Å². The summed E-state index contributed by atoms with van der Waals surface area (Å²) in [5, 5.41) is 9.52. The lowest BCUT2D eigenvalue weighted by Gasteiger charge is -2.27. The molecule has 0 unspecified atom stereocenters. The highest BCUT2D eigenvalue weighted by atomic mass is 15.3. The Bertz CT molecular complexity index is 1060. The number of aromatic nitrogens is 3. The standard InChI is InChI=1S/C19H19N5/c1-13-15-4-2-3-5-16(15)19-21-17-7-6-14(12-18(17)24(19)22-13)23-10-8-20-9-11-23/h2-7,12,20H,8-11H2,1H3/p+1. The van der Waals surface area contributed by atoms with Crippen molar-refractivity contribution in [2.75, 3.05) is 31.1 Å². The molecular weight excluding hydrogens is 298 g/mol. The van der Waals surface area contributed by atoms with Gasteiger partial charge in [0.25, 0.3) is 0 Å². The summed E-state index contributed by atoms with van der Waals surface area (Å²) in [6.45, 7) is 6.58. The minimum Gasteiger partial charge on any atom is -0.360 e. The van der Waals surface area contributed by atoms with E-state index in [1.165, 1.54) is 11.1 Å². The van der Waals surface area contributed by atoms with Gasteiger partial charge in [0.05, 0.1) is 42.9 Å². The summed E-state index contributed by atoms with van der Waals surface area (Å²) in [4.78, 5) is 7.30. The van der Waals surface area contributed by atoms with Crippen molar-refractivity contribution < 1.29 is 5.32 Å². The summed E-state index contributed by atoms with van der Waals surface area (Å²) in [6.07, 6.45) is 0. The minimum absolute atomic E-state index is 0.940. The van der Waals surface area contributed by atoms with E-state index in [4.69, 9.17) is 10.1 Å².